The molecule has 2 aliphatic heterocycles. The van der Waals surface area contributed by atoms with E-state index >= 15 is 8.78 Å². The summed E-state index contributed by atoms with van der Waals surface area (Å²) in [5, 5.41) is 0. The van der Waals surface area contributed by atoms with Gasteiger partial charge in [-0.15, -0.1) is 0 Å². The van der Waals surface area contributed by atoms with Crippen molar-refractivity contribution in [1.82, 2.24) is 4.90 Å². The lowest BCUT2D eigenvalue weighted by molar-refractivity contribution is -0.194. The van der Waals surface area contributed by atoms with Crippen LogP contribution in [0.1, 0.15) is 49.5 Å². The van der Waals surface area contributed by atoms with Crippen LogP contribution in [0.2, 0.25) is 0 Å². The molecule has 0 N–H and O–H groups in total. The Balaban J connectivity index is 1.51. The van der Waals surface area contributed by atoms with Crippen LogP contribution in [0.25, 0.3) is 11.1 Å². The predicted octanol–water partition coefficient (Wildman–Crippen LogP) is 5.48. The molecule has 0 unspecified atom stereocenters. The highest BCUT2D eigenvalue weighted by molar-refractivity contribution is 5.90. The maximum atomic E-state index is 15.4. The first-order valence-corrected chi connectivity index (χ1v) is 11.3. The third kappa shape index (κ3) is 4.58. The molecule has 0 atom stereocenters. The lowest BCUT2D eigenvalue weighted by Crippen LogP contribution is -2.62. The van der Waals surface area contributed by atoms with E-state index in [-0.39, 0.29) is 25.9 Å². The van der Waals surface area contributed by atoms with Gasteiger partial charge in [0.1, 0.15) is 11.4 Å². The smallest absolute Gasteiger partial charge is 0.410 e. The van der Waals surface area contributed by atoms with E-state index in [2.05, 4.69) is 0 Å². The number of hydrogen-bond donors (Lipinski definition) is 0. The normalized spacial score (nSPS) is 18.6. The second-order valence-electron chi connectivity index (χ2n) is 9.84. The summed E-state index contributed by atoms with van der Waals surface area (Å²) in [7, 11) is 1.31. The molecular weight excluding hydrogens is 444 g/mol. The SMILES string of the molecule is COC(=O)c1ccc(-c2ccc3c(c2)CC(F)(F)C2(CCN(C(=O)OC(C)(C)C)CC2)O3)cc1. The monoisotopic (exact) mass is 473 g/mol. The number of benzene rings is 2. The van der Waals surface area contributed by atoms with E-state index < -0.39 is 35.6 Å². The Bertz CT molecular complexity index is 1080. The Hall–Kier alpha value is -3.16. The maximum absolute atomic E-state index is 15.4. The van der Waals surface area contributed by atoms with Crippen LogP contribution in [-0.2, 0) is 15.9 Å². The Kier molecular flexibility index (Phi) is 6.04. The number of piperidine rings is 1. The highest BCUT2D eigenvalue weighted by atomic mass is 19.3. The number of carbonyl (C=O) groups excluding carboxylic acids is 2. The zero-order valence-corrected chi connectivity index (χ0v) is 19.8. The van der Waals surface area contributed by atoms with E-state index in [1.165, 1.54) is 12.0 Å². The van der Waals surface area contributed by atoms with Crippen LogP contribution in [0, 0.1) is 0 Å². The van der Waals surface area contributed by atoms with Gasteiger partial charge in [-0.2, -0.15) is 0 Å². The molecule has 6 nitrogen and oxygen atoms in total. The van der Waals surface area contributed by atoms with Gasteiger partial charge in [0.05, 0.1) is 12.7 Å². The topological polar surface area (TPSA) is 65.1 Å². The molecule has 2 aromatic rings. The van der Waals surface area contributed by atoms with Crippen LogP contribution in [-0.4, -0.2) is 54.3 Å². The minimum atomic E-state index is -3.09. The number of ether oxygens (including phenoxy) is 3. The summed E-state index contributed by atoms with van der Waals surface area (Å²) in [6.45, 7) is 5.60. The number of methoxy groups -OCH3 is 1. The number of carbonyl (C=O) groups is 2. The zero-order valence-electron chi connectivity index (χ0n) is 19.8. The van der Waals surface area contributed by atoms with Gasteiger partial charge in [-0.05, 0) is 56.2 Å². The Morgan fingerprint density at radius 3 is 2.21 bits per heavy atom. The summed E-state index contributed by atoms with van der Waals surface area (Å²) in [5.41, 5.74) is 0.101. The molecule has 0 radical (unpaired) electrons. The largest absolute Gasteiger partial charge is 0.481 e. The molecule has 182 valence electrons. The predicted molar refractivity (Wildman–Crippen MR) is 122 cm³/mol. The number of nitrogens with zero attached hydrogens (tertiary/aromatic N) is 1. The molecular formula is C26H29F2NO5. The molecule has 34 heavy (non-hydrogen) atoms. The van der Waals surface area contributed by atoms with Crippen LogP contribution in [0.3, 0.4) is 0 Å². The van der Waals surface area contributed by atoms with Crippen molar-refractivity contribution >= 4 is 12.1 Å². The van der Waals surface area contributed by atoms with Crippen LogP contribution in [0.5, 0.6) is 5.75 Å². The molecule has 0 aromatic heterocycles. The zero-order chi connectivity index (χ0) is 24.7. The molecule has 2 heterocycles. The molecule has 1 fully saturated rings. The van der Waals surface area contributed by atoms with Crippen molar-refractivity contribution in [3.05, 3.63) is 53.6 Å². The fourth-order valence-corrected chi connectivity index (χ4v) is 4.44. The number of esters is 1. The van der Waals surface area contributed by atoms with Crippen molar-refractivity contribution in [2.75, 3.05) is 20.2 Å². The van der Waals surface area contributed by atoms with Gasteiger partial charge in [0, 0.05) is 37.9 Å². The van der Waals surface area contributed by atoms with Crippen LogP contribution < -0.4 is 4.74 Å². The summed E-state index contributed by atoms with van der Waals surface area (Å²) in [6, 6.07) is 12.0. The molecule has 1 spiro atoms. The molecule has 8 heteroatoms. The number of rotatable bonds is 2. The van der Waals surface area contributed by atoms with Crippen molar-refractivity contribution in [3.8, 4) is 16.9 Å². The summed E-state index contributed by atoms with van der Waals surface area (Å²) in [6.07, 6.45) is -0.891. The van der Waals surface area contributed by atoms with Crippen molar-refractivity contribution in [2.24, 2.45) is 0 Å². The van der Waals surface area contributed by atoms with Gasteiger partial charge in [-0.1, -0.05) is 18.2 Å². The third-order valence-electron chi connectivity index (χ3n) is 6.31. The quantitative estimate of drug-likeness (QED) is 0.541. The number of fused-ring (bicyclic) bond motifs is 1. The van der Waals surface area contributed by atoms with Crippen molar-refractivity contribution in [1.29, 1.82) is 0 Å². The fourth-order valence-electron chi connectivity index (χ4n) is 4.44. The second-order valence-corrected chi connectivity index (χ2v) is 9.84. The molecule has 0 aliphatic carbocycles. The van der Waals surface area contributed by atoms with E-state index in [9.17, 15) is 9.59 Å². The second kappa shape index (κ2) is 8.56. The summed E-state index contributed by atoms with van der Waals surface area (Å²) in [5.74, 6) is -3.09. The third-order valence-corrected chi connectivity index (χ3v) is 6.31. The number of amides is 1. The maximum Gasteiger partial charge on any atom is 0.410 e. The Morgan fingerprint density at radius 1 is 1.00 bits per heavy atom. The molecule has 4 rings (SSSR count). The van der Waals surface area contributed by atoms with Gasteiger partial charge in [-0.3, -0.25) is 0 Å². The van der Waals surface area contributed by atoms with E-state index in [1.807, 2.05) is 6.07 Å². The van der Waals surface area contributed by atoms with E-state index in [0.717, 1.165) is 11.1 Å². The standard InChI is InChI=1S/C26H29F2NO5/c1-24(2,3)34-23(31)29-13-11-25(12-14-29)26(27,28)16-20-15-19(9-10-21(20)33-25)17-5-7-18(8-6-17)22(30)32-4/h5-10,15H,11-14,16H2,1-4H3. The lowest BCUT2D eigenvalue weighted by atomic mass is 9.79. The summed E-state index contributed by atoms with van der Waals surface area (Å²) < 4.78 is 46.9. The van der Waals surface area contributed by atoms with Gasteiger partial charge in [0.15, 0.2) is 5.60 Å². The number of alkyl halides is 2. The van der Waals surface area contributed by atoms with Crippen molar-refractivity contribution in [3.63, 3.8) is 0 Å². The van der Waals surface area contributed by atoms with Crippen molar-refractivity contribution in [2.45, 2.75) is 57.2 Å². The van der Waals surface area contributed by atoms with Crippen LogP contribution in [0.4, 0.5) is 13.6 Å². The average molecular weight is 474 g/mol. The lowest BCUT2D eigenvalue weighted by Gasteiger charge is -2.48. The molecule has 2 aromatic carbocycles. The van der Waals surface area contributed by atoms with Gasteiger partial charge in [0.2, 0.25) is 0 Å². The molecule has 0 saturated carbocycles. The highest BCUT2D eigenvalue weighted by Crippen LogP contribution is 2.49. The summed E-state index contributed by atoms with van der Waals surface area (Å²) in [4.78, 5) is 25.4. The molecule has 1 saturated heterocycles. The molecule has 1 amide bonds. The average Bonchev–Trinajstić information content (AvgIpc) is 2.78. The number of halogens is 2. The van der Waals surface area contributed by atoms with Gasteiger partial charge in [-0.25, -0.2) is 18.4 Å². The van der Waals surface area contributed by atoms with E-state index in [0.29, 0.717) is 16.9 Å². The first-order chi connectivity index (χ1) is 15.9. The number of likely N-dealkylation sites (tertiary alicyclic amines) is 1. The van der Waals surface area contributed by atoms with Gasteiger partial charge in [0.25, 0.3) is 5.92 Å². The molecule has 0 bridgehead atoms. The summed E-state index contributed by atoms with van der Waals surface area (Å²) >= 11 is 0. The minimum Gasteiger partial charge on any atom is -0.481 e. The first-order valence-electron chi connectivity index (χ1n) is 11.3. The van der Waals surface area contributed by atoms with Crippen LogP contribution in [0.15, 0.2) is 42.5 Å². The minimum absolute atomic E-state index is 0.0232. The highest BCUT2D eigenvalue weighted by Gasteiger charge is 2.59. The van der Waals surface area contributed by atoms with Crippen molar-refractivity contribution < 1.29 is 32.6 Å². The number of hydrogen-bond acceptors (Lipinski definition) is 5. The van der Waals surface area contributed by atoms with Crippen LogP contribution >= 0.6 is 0 Å². The van der Waals surface area contributed by atoms with Gasteiger partial charge < -0.3 is 19.1 Å². The Labute approximate surface area is 197 Å². The first kappa shape index (κ1) is 24.0. The molecule has 2 aliphatic rings. The van der Waals surface area contributed by atoms with E-state index in [4.69, 9.17) is 14.2 Å². The van der Waals surface area contributed by atoms with E-state index in [1.54, 1.807) is 57.2 Å². The fraction of sp³-hybridized carbons (Fsp3) is 0.462. The Morgan fingerprint density at radius 2 is 1.62 bits per heavy atom. The van der Waals surface area contributed by atoms with Gasteiger partial charge >= 0.3 is 12.1 Å².